The minimum atomic E-state index is 1.09. The van der Waals surface area contributed by atoms with E-state index in [2.05, 4.69) is 13.2 Å². The van der Waals surface area contributed by atoms with Gasteiger partial charge in [-0.15, -0.1) is 13.2 Å². The second kappa shape index (κ2) is 8.48. The van der Waals surface area contributed by atoms with Crippen molar-refractivity contribution >= 4 is 0 Å². The van der Waals surface area contributed by atoms with Crippen LogP contribution in [0.1, 0.15) is 40.5 Å². The lowest BCUT2D eigenvalue weighted by molar-refractivity contribution is 0.933. The fourth-order valence-corrected chi connectivity index (χ4v) is 0.427. The minimum absolute atomic E-state index is 1.09. The summed E-state index contributed by atoms with van der Waals surface area (Å²) in [6, 6.07) is 0. The van der Waals surface area contributed by atoms with Gasteiger partial charge in [0.05, 0.1) is 0 Å². The zero-order valence-electron chi connectivity index (χ0n) is 7.83. The van der Waals surface area contributed by atoms with Crippen LogP contribution in [0.4, 0.5) is 0 Å². The van der Waals surface area contributed by atoms with Gasteiger partial charge in [-0.1, -0.05) is 25.0 Å². The van der Waals surface area contributed by atoms with E-state index >= 15 is 0 Å². The summed E-state index contributed by atoms with van der Waals surface area (Å²) >= 11 is 0. The molecule has 0 saturated heterocycles. The smallest absolute Gasteiger partial charge is 0.0289 e. The molecule has 0 aliphatic heterocycles. The van der Waals surface area contributed by atoms with Crippen molar-refractivity contribution in [2.45, 2.75) is 40.5 Å². The molecule has 0 radical (unpaired) electrons. The van der Waals surface area contributed by atoms with E-state index in [1.165, 1.54) is 11.1 Å². The van der Waals surface area contributed by atoms with Crippen molar-refractivity contribution in [2.24, 2.45) is 0 Å². The third kappa shape index (κ3) is 15.6. The Morgan fingerprint density at radius 2 is 1.10 bits per heavy atom. The summed E-state index contributed by atoms with van der Waals surface area (Å²) in [7, 11) is 0. The zero-order valence-corrected chi connectivity index (χ0v) is 7.83. The average molecular weight is 140 g/mol. The normalized spacial score (nSPS) is 7.60. The topological polar surface area (TPSA) is 0 Å². The second-order valence-corrected chi connectivity index (χ2v) is 2.41. The highest BCUT2D eigenvalue weighted by molar-refractivity contribution is 4.96. The Morgan fingerprint density at radius 1 is 0.900 bits per heavy atom. The first kappa shape index (κ1) is 12.2. The third-order valence-corrected chi connectivity index (χ3v) is 0.979. The minimum Gasteiger partial charge on any atom is -0.100 e. The molecule has 0 heteroatoms. The van der Waals surface area contributed by atoms with E-state index in [4.69, 9.17) is 0 Å². The van der Waals surface area contributed by atoms with Crippen molar-refractivity contribution in [3.05, 3.63) is 24.3 Å². The van der Waals surface area contributed by atoms with E-state index in [-0.39, 0.29) is 0 Å². The van der Waals surface area contributed by atoms with Crippen LogP contribution >= 0.6 is 0 Å². The molecule has 0 N–H and O–H groups in total. The maximum absolute atomic E-state index is 3.79. The molecule has 0 heterocycles. The number of rotatable bonds is 3. The van der Waals surface area contributed by atoms with Gasteiger partial charge in [-0.05, 0) is 26.7 Å². The summed E-state index contributed by atoms with van der Waals surface area (Å²) in [6.07, 6.45) is 2.19. The van der Waals surface area contributed by atoms with E-state index < -0.39 is 0 Å². The predicted molar refractivity (Wildman–Crippen MR) is 50.2 cm³/mol. The third-order valence-electron chi connectivity index (χ3n) is 0.979. The average Bonchev–Trinajstić information content (AvgIpc) is 1.89. The van der Waals surface area contributed by atoms with Crippen LogP contribution in [0, 0.1) is 0 Å². The molecule has 0 saturated carbocycles. The van der Waals surface area contributed by atoms with E-state index in [1.54, 1.807) is 0 Å². The van der Waals surface area contributed by atoms with Crippen molar-refractivity contribution in [1.29, 1.82) is 0 Å². The molecule has 0 atom stereocenters. The summed E-state index contributed by atoms with van der Waals surface area (Å²) in [5, 5.41) is 0. The molecule has 0 bridgehead atoms. The van der Waals surface area contributed by atoms with E-state index in [0.29, 0.717) is 0 Å². The Bertz CT molecular complexity index is 84.6. The van der Waals surface area contributed by atoms with Gasteiger partial charge in [-0.2, -0.15) is 0 Å². The molecule has 0 spiro atoms. The molecule has 0 rings (SSSR count). The van der Waals surface area contributed by atoms with Gasteiger partial charge in [-0.3, -0.25) is 0 Å². The molecule has 10 heavy (non-hydrogen) atoms. The van der Waals surface area contributed by atoms with Crippen LogP contribution in [0.3, 0.4) is 0 Å². The lowest BCUT2D eigenvalue weighted by atomic mass is 10.1. The van der Waals surface area contributed by atoms with Gasteiger partial charge >= 0.3 is 0 Å². The molecule has 0 aromatic rings. The van der Waals surface area contributed by atoms with Gasteiger partial charge in [0.25, 0.3) is 0 Å². The fourth-order valence-electron chi connectivity index (χ4n) is 0.427. The molecule has 0 aromatic carbocycles. The summed E-state index contributed by atoms with van der Waals surface area (Å²) < 4.78 is 0. The number of hydrogen-bond acceptors (Lipinski definition) is 0. The quantitative estimate of drug-likeness (QED) is 0.521. The largest absolute Gasteiger partial charge is 0.100 e. The first-order valence-electron chi connectivity index (χ1n) is 3.91. The lowest BCUT2D eigenvalue weighted by Gasteiger charge is -1.95. The summed E-state index contributed by atoms with van der Waals surface area (Å²) in [6.45, 7) is 15.7. The van der Waals surface area contributed by atoms with Crippen LogP contribution in [0.2, 0.25) is 0 Å². The standard InChI is InChI=1S/C8H14.C2H6/c1-7(2)5-6-8(3)4;1-2/h1,3,5-6H2,2,4H3;1-2H3. The maximum Gasteiger partial charge on any atom is -0.0289 e. The summed E-state index contributed by atoms with van der Waals surface area (Å²) in [4.78, 5) is 0. The van der Waals surface area contributed by atoms with Crippen LogP contribution in [0.15, 0.2) is 24.3 Å². The SMILES string of the molecule is C=C(C)CCC(=C)C.CC. The first-order valence-corrected chi connectivity index (χ1v) is 3.91. The molecule has 0 aromatic heterocycles. The van der Waals surface area contributed by atoms with Crippen LogP contribution in [-0.2, 0) is 0 Å². The highest BCUT2D eigenvalue weighted by Gasteiger charge is 1.85. The Kier molecular flexibility index (Phi) is 10.3. The van der Waals surface area contributed by atoms with Crippen molar-refractivity contribution in [2.75, 3.05) is 0 Å². The fraction of sp³-hybridized carbons (Fsp3) is 0.600. The highest BCUT2D eigenvalue weighted by Crippen LogP contribution is 2.05. The van der Waals surface area contributed by atoms with Gasteiger partial charge in [-0.25, -0.2) is 0 Å². The van der Waals surface area contributed by atoms with Crippen molar-refractivity contribution < 1.29 is 0 Å². The Morgan fingerprint density at radius 3 is 1.20 bits per heavy atom. The summed E-state index contributed by atoms with van der Waals surface area (Å²) in [5.74, 6) is 0. The zero-order chi connectivity index (χ0) is 8.57. The lowest BCUT2D eigenvalue weighted by Crippen LogP contribution is -1.75. The van der Waals surface area contributed by atoms with Crippen LogP contribution in [0.25, 0.3) is 0 Å². The number of hydrogen-bond donors (Lipinski definition) is 0. The van der Waals surface area contributed by atoms with Crippen LogP contribution in [0.5, 0.6) is 0 Å². The van der Waals surface area contributed by atoms with Gasteiger partial charge in [0, 0.05) is 0 Å². The van der Waals surface area contributed by atoms with E-state index in [0.717, 1.165) is 12.8 Å². The Labute approximate surface area is 65.7 Å². The van der Waals surface area contributed by atoms with Crippen LogP contribution in [-0.4, -0.2) is 0 Å². The first-order chi connectivity index (χ1) is 4.63. The molecule has 0 unspecified atom stereocenters. The molecule has 60 valence electrons. The van der Waals surface area contributed by atoms with Crippen molar-refractivity contribution in [3.63, 3.8) is 0 Å². The molecule has 0 fully saturated rings. The van der Waals surface area contributed by atoms with Crippen molar-refractivity contribution in [1.82, 2.24) is 0 Å². The molecule has 0 aliphatic carbocycles. The second-order valence-electron chi connectivity index (χ2n) is 2.41. The monoisotopic (exact) mass is 140 g/mol. The van der Waals surface area contributed by atoms with Gasteiger partial charge in [0.15, 0.2) is 0 Å². The Hall–Kier alpha value is -0.520. The van der Waals surface area contributed by atoms with Gasteiger partial charge in [0.1, 0.15) is 0 Å². The molecular formula is C10H20. The molecule has 0 amide bonds. The van der Waals surface area contributed by atoms with E-state index in [1.807, 2.05) is 27.7 Å². The maximum atomic E-state index is 3.79. The van der Waals surface area contributed by atoms with Crippen molar-refractivity contribution in [3.8, 4) is 0 Å². The van der Waals surface area contributed by atoms with Crippen LogP contribution < -0.4 is 0 Å². The molecular weight excluding hydrogens is 120 g/mol. The highest BCUT2D eigenvalue weighted by atomic mass is 13.9. The Balaban J connectivity index is 0. The van der Waals surface area contributed by atoms with E-state index in [9.17, 15) is 0 Å². The van der Waals surface area contributed by atoms with Gasteiger partial charge < -0.3 is 0 Å². The summed E-state index contributed by atoms with van der Waals surface area (Å²) in [5.41, 5.74) is 2.49. The molecule has 0 nitrogen and oxygen atoms in total. The molecule has 0 aliphatic rings. The predicted octanol–water partition coefficient (Wildman–Crippen LogP) is 3.95. The number of allylic oxidation sites excluding steroid dienone is 2. The van der Waals surface area contributed by atoms with Gasteiger partial charge in [0.2, 0.25) is 0 Å².